The zero-order valence-corrected chi connectivity index (χ0v) is 12.6. The Bertz CT molecular complexity index is 424. The number of piperazine rings is 1. The number of aliphatic hydroxyl groups excluding tert-OH is 1. The lowest BCUT2D eigenvalue weighted by atomic mass is 10.3. The summed E-state index contributed by atoms with van der Waals surface area (Å²) < 4.78 is 24.3. The third-order valence-electron chi connectivity index (χ3n) is 4.28. The number of hydrogen-bond acceptors (Lipinski definition) is 5. The number of carbonyl (C=O) groups excluding carboxylic acids is 1. The molecule has 0 radical (unpaired) electrons. The van der Waals surface area contributed by atoms with Crippen molar-refractivity contribution in [2.45, 2.75) is 30.9 Å². The van der Waals surface area contributed by atoms with E-state index in [1.807, 2.05) is 0 Å². The van der Waals surface area contributed by atoms with Crippen molar-refractivity contribution < 1.29 is 18.3 Å². The average molecular weight is 304 g/mol. The van der Waals surface area contributed by atoms with Crippen LogP contribution < -0.4 is 0 Å². The van der Waals surface area contributed by atoms with Gasteiger partial charge in [0.15, 0.2) is 9.84 Å². The molecular weight excluding hydrogens is 280 g/mol. The van der Waals surface area contributed by atoms with Crippen LogP contribution in [0.5, 0.6) is 0 Å². The van der Waals surface area contributed by atoms with E-state index in [0.29, 0.717) is 45.6 Å². The third-order valence-corrected chi connectivity index (χ3v) is 6.41. The third kappa shape index (κ3) is 3.93. The van der Waals surface area contributed by atoms with Gasteiger partial charge in [0.25, 0.3) is 0 Å². The quantitative estimate of drug-likeness (QED) is 0.739. The van der Waals surface area contributed by atoms with Gasteiger partial charge in [0.05, 0.1) is 11.9 Å². The fourth-order valence-electron chi connectivity index (χ4n) is 2.99. The van der Waals surface area contributed by atoms with Crippen LogP contribution in [0.15, 0.2) is 0 Å². The first kappa shape index (κ1) is 15.7. The van der Waals surface area contributed by atoms with Crippen LogP contribution in [-0.4, -0.2) is 79.6 Å². The topological polar surface area (TPSA) is 77.9 Å². The van der Waals surface area contributed by atoms with Crippen LogP contribution in [0.3, 0.4) is 0 Å². The summed E-state index contributed by atoms with van der Waals surface area (Å²) in [6.07, 6.45) is 3.33. The lowest BCUT2D eigenvalue weighted by Crippen LogP contribution is -2.51. The van der Waals surface area contributed by atoms with Crippen LogP contribution in [0.2, 0.25) is 0 Å². The summed E-state index contributed by atoms with van der Waals surface area (Å²) in [7, 11) is -3.28. The van der Waals surface area contributed by atoms with Gasteiger partial charge < -0.3 is 10.0 Å². The summed E-state index contributed by atoms with van der Waals surface area (Å²) in [5.74, 6) is -0.599. The van der Waals surface area contributed by atoms with Crippen molar-refractivity contribution in [2.24, 2.45) is 0 Å². The van der Waals surface area contributed by atoms with Crippen molar-refractivity contribution in [1.29, 1.82) is 0 Å². The molecule has 2 rings (SSSR count). The van der Waals surface area contributed by atoms with E-state index in [2.05, 4.69) is 4.90 Å². The Balaban J connectivity index is 1.83. The van der Waals surface area contributed by atoms with Gasteiger partial charge in [-0.05, 0) is 12.8 Å². The molecule has 0 aromatic heterocycles. The van der Waals surface area contributed by atoms with E-state index in [1.165, 1.54) is 0 Å². The molecule has 0 aromatic carbocycles. The molecule has 1 amide bonds. The maximum Gasteiger partial charge on any atom is 0.237 e. The van der Waals surface area contributed by atoms with Crippen molar-refractivity contribution in [2.75, 3.05) is 45.1 Å². The first-order valence-corrected chi connectivity index (χ1v) is 9.07. The number of carbonyl (C=O) groups is 1. The number of rotatable bonds is 5. The van der Waals surface area contributed by atoms with Gasteiger partial charge in [-0.3, -0.25) is 9.69 Å². The number of β-amino-alcohol motifs (C(OH)–C–C–N with tert-alkyl or cyclic N) is 1. The Morgan fingerprint density at radius 1 is 1.10 bits per heavy atom. The minimum atomic E-state index is -3.28. The van der Waals surface area contributed by atoms with Gasteiger partial charge >= 0.3 is 0 Å². The maximum absolute atomic E-state index is 12.2. The molecule has 0 atom stereocenters. The van der Waals surface area contributed by atoms with Gasteiger partial charge in [-0.2, -0.15) is 0 Å². The molecule has 0 bridgehead atoms. The minimum Gasteiger partial charge on any atom is -0.395 e. The number of sulfone groups is 1. The molecule has 1 aliphatic carbocycles. The van der Waals surface area contributed by atoms with Crippen LogP contribution in [0.4, 0.5) is 0 Å². The Labute approximate surface area is 120 Å². The van der Waals surface area contributed by atoms with Crippen molar-refractivity contribution in [3.63, 3.8) is 0 Å². The van der Waals surface area contributed by atoms with E-state index in [-0.39, 0.29) is 23.5 Å². The van der Waals surface area contributed by atoms with Crippen LogP contribution in [0.1, 0.15) is 25.7 Å². The molecule has 6 nitrogen and oxygen atoms in total. The smallest absolute Gasteiger partial charge is 0.237 e. The van der Waals surface area contributed by atoms with Gasteiger partial charge in [0.1, 0.15) is 5.75 Å². The number of aliphatic hydroxyl groups is 1. The van der Waals surface area contributed by atoms with Crippen LogP contribution in [0.25, 0.3) is 0 Å². The molecule has 2 aliphatic rings. The predicted octanol–water partition coefficient (Wildman–Crippen LogP) is -0.520. The minimum absolute atomic E-state index is 0.115. The van der Waals surface area contributed by atoms with Crippen molar-refractivity contribution in [3.8, 4) is 0 Å². The molecule has 1 saturated carbocycles. The molecule has 2 fully saturated rings. The highest BCUT2D eigenvalue weighted by atomic mass is 32.2. The number of hydrogen-bond donors (Lipinski definition) is 1. The molecule has 1 aliphatic heterocycles. The normalized spacial score (nSPS) is 22.4. The Morgan fingerprint density at radius 2 is 1.70 bits per heavy atom. The largest absolute Gasteiger partial charge is 0.395 e. The van der Waals surface area contributed by atoms with Crippen molar-refractivity contribution >= 4 is 15.7 Å². The zero-order chi connectivity index (χ0) is 14.6. The van der Waals surface area contributed by atoms with Crippen LogP contribution >= 0.6 is 0 Å². The van der Waals surface area contributed by atoms with Gasteiger partial charge in [-0.1, -0.05) is 12.8 Å². The number of amides is 1. The summed E-state index contributed by atoms with van der Waals surface area (Å²) in [6.45, 7) is 3.25. The lowest BCUT2D eigenvalue weighted by Gasteiger charge is -2.34. The second-order valence-electron chi connectivity index (χ2n) is 5.66. The van der Waals surface area contributed by atoms with Gasteiger partial charge in [-0.25, -0.2) is 8.42 Å². The molecule has 0 aromatic rings. The summed E-state index contributed by atoms with van der Waals surface area (Å²) in [5, 5.41) is 8.56. The van der Waals surface area contributed by atoms with Crippen LogP contribution in [-0.2, 0) is 14.6 Å². The fraction of sp³-hybridized carbons (Fsp3) is 0.923. The van der Waals surface area contributed by atoms with E-state index in [1.54, 1.807) is 4.90 Å². The first-order valence-electron chi connectivity index (χ1n) is 7.35. The molecular formula is C13H24N2O4S. The zero-order valence-electron chi connectivity index (χ0n) is 11.8. The molecule has 7 heteroatoms. The summed E-state index contributed by atoms with van der Waals surface area (Å²) in [4.78, 5) is 15.8. The van der Waals surface area contributed by atoms with Crippen molar-refractivity contribution in [1.82, 2.24) is 9.80 Å². The highest BCUT2D eigenvalue weighted by Gasteiger charge is 2.32. The van der Waals surface area contributed by atoms with Gasteiger partial charge in [0.2, 0.25) is 5.91 Å². The SMILES string of the molecule is O=C(CS(=O)(=O)C1CCCC1)N1CCN(CCO)CC1. The molecule has 1 saturated heterocycles. The molecule has 116 valence electrons. The first-order chi connectivity index (χ1) is 9.53. The summed E-state index contributed by atoms with van der Waals surface area (Å²) >= 11 is 0. The Kier molecular flexibility index (Phi) is 5.40. The van der Waals surface area contributed by atoms with E-state index < -0.39 is 9.84 Å². The second-order valence-corrected chi connectivity index (χ2v) is 7.94. The van der Waals surface area contributed by atoms with Gasteiger partial charge in [-0.15, -0.1) is 0 Å². The van der Waals surface area contributed by atoms with E-state index in [4.69, 9.17) is 5.11 Å². The summed E-state index contributed by atoms with van der Waals surface area (Å²) in [5.41, 5.74) is 0. The fourth-order valence-corrected chi connectivity index (χ4v) is 4.81. The lowest BCUT2D eigenvalue weighted by molar-refractivity contribution is -0.130. The van der Waals surface area contributed by atoms with Crippen LogP contribution in [0, 0.1) is 0 Å². The average Bonchev–Trinajstić information content (AvgIpc) is 2.94. The van der Waals surface area contributed by atoms with Crippen molar-refractivity contribution in [3.05, 3.63) is 0 Å². The van der Waals surface area contributed by atoms with E-state index in [9.17, 15) is 13.2 Å². The Hall–Kier alpha value is -0.660. The molecule has 0 spiro atoms. The predicted molar refractivity (Wildman–Crippen MR) is 76.1 cm³/mol. The molecule has 1 heterocycles. The monoisotopic (exact) mass is 304 g/mol. The Morgan fingerprint density at radius 3 is 2.25 bits per heavy atom. The maximum atomic E-state index is 12.2. The standard InChI is InChI=1S/C13H24N2O4S/c16-10-9-14-5-7-15(8-6-14)13(17)11-20(18,19)12-3-1-2-4-12/h12,16H,1-11H2. The van der Waals surface area contributed by atoms with E-state index >= 15 is 0 Å². The second kappa shape index (κ2) is 6.87. The number of nitrogens with zero attached hydrogens (tertiary/aromatic N) is 2. The summed E-state index contributed by atoms with van der Waals surface area (Å²) in [6, 6.07) is 0. The van der Waals surface area contributed by atoms with Gasteiger partial charge in [0, 0.05) is 32.7 Å². The highest BCUT2D eigenvalue weighted by Crippen LogP contribution is 2.25. The van der Waals surface area contributed by atoms with E-state index in [0.717, 1.165) is 12.8 Å². The molecule has 20 heavy (non-hydrogen) atoms. The molecule has 1 N–H and O–H groups in total. The highest BCUT2D eigenvalue weighted by molar-refractivity contribution is 7.92. The molecule has 0 unspecified atom stereocenters.